The van der Waals surface area contributed by atoms with Gasteiger partial charge in [-0.3, -0.25) is 9.59 Å². The molecule has 28 heavy (non-hydrogen) atoms. The number of carbonyl (C=O) groups is 2. The van der Waals surface area contributed by atoms with Crippen LogP contribution in [0.15, 0.2) is 42.5 Å². The van der Waals surface area contributed by atoms with Gasteiger partial charge in [0, 0.05) is 6.07 Å². The second-order valence-corrected chi connectivity index (χ2v) is 7.21. The normalized spacial score (nSPS) is 11.0. The number of benzene rings is 2. The second kappa shape index (κ2) is 9.30. The van der Waals surface area contributed by atoms with E-state index in [1.807, 2.05) is 24.3 Å². The highest BCUT2D eigenvalue weighted by Gasteiger charge is 2.14. The average molecular weight is 391 g/mol. The zero-order chi connectivity index (χ0) is 20.7. The SMILES string of the molecule is CC(C)(C)c1ccc(OCCC(=O)OCC(=O)Nc2cc(F)ccc2F)cc1. The van der Waals surface area contributed by atoms with Gasteiger partial charge in [-0.15, -0.1) is 0 Å². The van der Waals surface area contributed by atoms with Crippen molar-refractivity contribution < 1.29 is 27.8 Å². The Morgan fingerprint density at radius 2 is 1.71 bits per heavy atom. The maximum Gasteiger partial charge on any atom is 0.309 e. The smallest absolute Gasteiger partial charge is 0.309 e. The van der Waals surface area contributed by atoms with E-state index in [4.69, 9.17) is 9.47 Å². The van der Waals surface area contributed by atoms with Gasteiger partial charge in [0.15, 0.2) is 6.61 Å². The summed E-state index contributed by atoms with van der Waals surface area (Å²) in [5.74, 6) is -2.26. The van der Waals surface area contributed by atoms with Gasteiger partial charge in [0.2, 0.25) is 0 Å². The molecule has 0 unspecified atom stereocenters. The minimum Gasteiger partial charge on any atom is -0.493 e. The number of nitrogens with one attached hydrogen (secondary N) is 1. The first kappa shape index (κ1) is 21.3. The Hall–Kier alpha value is -2.96. The van der Waals surface area contributed by atoms with Crippen molar-refractivity contribution in [3.8, 4) is 5.75 Å². The maximum atomic E-state index is 13.4. The van der Waals surface area contributed by atoms with Crippen LogP contribution in [-0.2, 0) is 19.7 Å². The topological polar surface area (TPSA) is 64.6 Å². The third-order valence-electron chi connectivity index (χ3n) is 3.86. The molecule has 2 rings (SSSR count). The molecule has 0 spiro atoms. The Bertz CT molecular complexity index is 829. The Labute approximate surface area is 162 Å². The summed E-state index contributed by atoms with van der Waals surface area (Å²) in [6.07, 6.45) is -0.0529. The van der Waals surface area contributed by atoms with E-state index in [1.165, 1.54) is 5.56 Å². The summed E-state index contributed by atoms with van der Waals surface area (Å²) in [5.41, 5.74) is 0.889. The molecular formula is C21H23F2NO4. The summed E-state index contributed by atoms with van der Waals surface area (Å²) in [6.45, 7) is 5.82. The zero-order valence-corrected chi connectivity index (χ0v) is 16.1. The Kier molecular flexibility index (Phi) is 7.09. The molecular weight excluding hydrogens is 368 g/mol. The fourth-order valence-electron chi connectivity index (χ4n) is 2.30. The lowest BCUT2D eigenvalue weighted by atomic mass is 9.87. The number of carbonyl (C=O) groups excluding carboxylic acids is 2. The van der Waals surface area contributed by atoms with Crippen LogP contribution in [-0.4, -0.2) is 25.1 Å². The number of anilines is 1. The van der Waals surface area contributed by atoms with Gasteiger partial charge < -0.3 is 14.8 Å². The first-order chi connectivity index (χ1) is 13.1. The number of esters is 1. The van der Waals surface area contributed by atoms with Gasteiger partial charge in [-0.2, -0.15) is 0 Å². The van der Waals surface area contributed by atoms with Crippen LogP contribution in [0.2, 0.25) is 0 Å². The summed E-state index contributed by atoms with van der Waals surface area (Å²) < 4.78 is 36.8. The molecule has 150 valence electrons. The van der Waals surface area contributed by atoms with Gasteiger partial charge >= 0.3 is 5.97 Å². The fourth-order valence-corrected chi connectivity index (χ4v) is 2.30. The quantitative estimate of drug-likeness (QED) is 0.718. The lowest BCUT2D eigenvalue weighted by molar-refractivity contribution is -0.147. The van der Waals surface area contributed by atoms with Crippen LogP contribution in [0.4, 0.5) is 14.5 Å². The van der Waals surface area contributed by atoms with Gasteiger partial charge in [-0.1, -0.05) is 32.9 Å². The molecule has 2 aromatic carbocycles. The Balaban J connectivity index is 1.71. The third-order valence-corrected chi connectivity index (χ3v) is 3.86. The van der Waals surface area contributed by atoms with E-state index in [9.17, 15) is 18.4 Å². The van der Waals surface area contributed by atoms with Crippen LogP contribution in [0.3, 0.4) is 0 Å². The predicted octanol–water partition coefficient (Wildman–Crippen LogP) is 4.21. The van der Waals surface area contributed by atoms with Gasteiger partial charge in [0.25, 0.3) is 5.91 Å². The van der Waals surface area contributed by atoms with E-state index in [1.54, 1.807) is 0 Å². The fraction of sp³-hybridized carbons (Fsp3) is 0.333. The largest absolute Gasteiger partial charge is 0.493 e. The summed E-state index contributed by atoms with van der Waals surface area (Å²) in [5, 5.41) is 2.14. The van der Waals surface area contributed by atoms with Gasteiger partial charge in [0.05, 0.1) is 18.7 Å². The average Bonchev–Trinajstić information content (AvgIpc) is 2.63. The molecule has 0 bridgehead atoms. The van der Waals surface area contributed by atoms with Crippen molar-refractivity contribution in [3.05, 3.63) is 59.7 Å². The van der Waals surface area contributed by atoms with Crippen molar-refractivity contribution in [2.45, 2.75) is 32.6 Å². The number of ether oxygens (including phenoxy) is 2. The number of halogens is 2. The summed E-state index contributed by atoms with van der Waals surface area (Å²) in [6, 6.07) is 10.2. The predicted molar refractivity (Wildman–Crippen MR) is 101 cm³/mol. The van der Waals surface area contributed by atoms with Crippen LogP contribution < -0.4 is 10.1 Å². The highest BCUT2D eigenvalue weighted by molar-refractivity contribution is 5.92. The molecule has 0 aromatic heterocycles. The van der Waals surface area contributed by atoms with Crippen molar-refractivity contribution in [2.75, 3.05) is 18.5 Å². The molecule has 1 N–H and O–H groups in total. The monoisotopic (exact) mass is 391 g/mol. The van der Waals surface area contributed by atoms with E-state index < -0.39 is 30.1 Å². The van der Waals surface area contributed by atoms with E-state index >= 15 is 0 Å². The Morgan fingerprint density at radius 1 is 1.04 bits per heavy atom. The van der Waals surface area contributed by atoms with Crippen molar-refractivity contribution >= 4 is 17.6 Å². The first-order valence-electron chi connectivity index (χ1n) is 8.79. The van der Waals surface area contributed by atoms with Gasteiger partial charge in [0.1, 0.15) is 17.4 Å². The van der Waals surface area contributed by atoms with Gasteiger partial charge in [-0.05, 0) is 35.2 Å². The highest BCUT2D eigenvalue weighted by atomic mass is 19.1. The lowest BCUT2D eigenvalue weighted by Gasteiger charge is -2.19. The van der Waals surface area contributed by atoms with Crippen molar-refractivity contribution in [3.63, 3.8) is 0 Å². The van der Waals surface area contributed by atoms with E-state index in [2.05, 4.69) is 26.1 Å². The molecule has 1 amide bonds. The van der Waals surface area contributed by atoms with Crippen molar-refractivity contribution in [2.24, 2.45) is 0 Å². The van der Waals surface area contributed by atoms with Gasteiger partial charge in [-0.25, -0.2) is 8.78 Å². The molecule has 0 heterocycles. The zero-order valence-electron chi connectivity index (χ0n) is 16.1. The molecule has 2 aromatic rings. The Morgan fingerprint density at radius 3 is 2.36 bits per heavy atom. The molecule has 0 radical (unpaired) electrons. The molecule has 5 nitrogen and oxygen atoms in total. The van der Waals surface area contributed by atoms with E-state index in [0.29, 0.717) is 5.75 Å². The van der Waals surface area contributed by atoms with E-state index in [-0.39, 0.29) is 24.1 Å². The summed E-state index contributed by atoms with van der Waals surface area (Å²) >= 11 is 0. The summed E-state index contributed by atoms with van der Waals surface area (Å²) in [4.78, 5) is 23.4. The first-order valence-corrected chi connectivity index (χ1v) is 8.79. The minimum atomic E-state index is -0.785. The molecule has 0 fully saturated rings. The van der Waals surface area contributed by atoms with Crippen molar-refractivity contribution in [1.82, 2.24) is 0 Å². The van der Waals surface area contributed by atoms with Crippen LogP contribution in [0.25, 0.3) is 0 Å². The minimum absolute atomic E-state index is 0.0390. The molecule has 0 aliphatic carbocycles. The standard InChI is InChI=1S/C21H23F2NO4/c1-21(2,3)14-4-7-16(8-5-14)27-11-10-20(26)28-13-19(25)24-18-12-15(22)6-9-17(18)23/h4-9,12H,10-11,13H2,1-3H3,(H,24,25). The second-order valence-electron chi connectivity index (χ2n) is 7.21. The molecule has 0 aliphatic heterocycles. The van der Waals surface area contributed by atoms with Crippen LogP contribution in [0, 0.1) is 11.6 Å². The molecule has 0 saturated heterocycles. The summed E-state index contributed by atoms with van der Waals surface area (Å²) in [7, 11) is 0. The lowest BCUT2D eigenvalue weighted by Crippen LogP contribution is -2.22. The number of hydrogen-bond acceptors (Lipinski definition) is 4. The molecule has 0 saturated carbocycles. The van der Waals surface area contributed by atoms with Crippen molar-refractivity contribution in [1.29, 1.82) is 0 Å². The third kappa shape index (κ3) is 6.64. The number of rotatable bonds is 7. The maximum absolute atomic E-state index is 13.4. The molecule has 0 aliphatic rings. The van der Waals surface area contributed by atoms with Crippen LogP contribution in [0.5, 0.6) is 5.75 Å². The molecule has 0 atom stereocenters. The highest BCUT2D eigenvalue weighted by Crippen LogP contribution is 2.24. The number of hydrogen-bond donors (Lipinski definition) is 1. The van der Waals surface area contributed by atoms with Crippen LogP contribution >= 0.6 is 0 Å². The number of amides is 1. The van der Waals surface area contributed by atoms with Crippen LogP contribution in [0.1, 0.15) is 32.8 Å². The molecule has 7 heteroatoms. The van der Waals surface area contributed by atoms with E-state index in [0.717, 1.165) is 18.2 Å².